The van der Waals surface area contributed by atoms with Crippen LogP contribution in [-0.2, 0) is 4.74 Å². The third kappa shape index (κ3) is 3.45. The summed E-state index contributed by atoms with van der Waals surface area (Å²) in [5.74, 6) is 0. The van der Waals surface area contributed by atoms with E-state index in [-0.39, 0.29) is 6.61 Å². The normalized spacial score (nSPS) is 34.2. The molecule has 0 aromatic carbocycles. The van der Waals surface area contributed by atoms with Crippen LogP contribution < -0.4 is 5.73 Å². The number of ether oxygens (including phenoxy) is 1. The van der Waals surface area contributed by atoms with Gasteiger partial charge in [0.05, 0.1) is 17.7 Å². The van der Waals surface area contributed by atoms with E-state index in [1.54, 1.807) is 6.07 Å². The van der Waals surface area contributed by atoms with Gasteiger partial charge < -0.3 is 25.8 Å². The van der Waals surface area contributed by atoms with Crippen molar-refractivity contribution in [3.8, 4) is 0 Å². The fourth-order valence-electron chi connectivity index (χ4n) is 1.82. The van der Waals surface area contributed by atoms with Gasteiger partial charge in [0.1, 0.15) is 28.4 Å². The zero-order valence-electron chi connectivity index (χ0n) is 10.2. The average molecular weight is 386 g/mol. The van der Waals surface area contributed by atoms with E-state index < -0.39 is 29.8 Å². The third-order valence-corrected chi connectivity index (χ3v) is 5.24. The molecule has 2 rings (SSSR count). The first kappa shape index (κ1) is 16.4. The van der Waals surface area contributed by atoms with Gasteiger partial charge in [0.25, 0.3) is 0 Å². The molecule has 0 aliphatic carbocycles. The van der Waals surface area contributed by atoms with Gasteiger partial charge in [-0.3, -0.25) is 0 Å². The Morgan fingerprint density at radius 2 is 2.15 bits per heavy atom. The predicted octanol–water partition coefficient (Wildman–Crippen LogP) is 0.356. The van der Waals surface area contributed by atoms with Gasteiger partial charge in [-0.25, -0.2) is 4.98 Å². The average Bonchev–Trinajstić information content (AvgIpc) is 2.43. The van der Waals surface area contributed by atoms with Crippen molar-refractivity contribution < 1.29 is 20.1 Å². The second-order valence-corrected chi connectivity index (χ2v) is 6.67. The van der Waals surface area contributed by atoms with Gasteiger partial charge in [-0.05, 0) is 22.0 Å². The van der Waals surface area contributed by atoms with Crippen molar-refractivity contribution in [1.29, 1.82) is 0 Å². The molecule has 1 aromatic heterocycles. The first-order chi connectivity index (χ1) is 9.43. The molecule has 6 nitrogen and oxygen atoms in total. The largest absolute Gasteiger partial charge is 0.394 e. The summed E-state index contributed by atoms with van der Waals surface area (Å²) in [4.78, 5) is 4.71. The highest BCUT2D eigenvalue weighted by atomic mass is 79.9. The molecular formula is C11H14BrClN2O4S. The number of thioether (sulfide) groups is 1. The van der Waals surface area contributed by atoms with E-state index in [4.69, 9.17) is 22.1 Å². The maximum absolute atomic E-state index is 10.1. The molecule has 1 aliphatic rings. The molecule has 0 amide bonds. The van der Waals surface area contributed by atoms with E-state index in [9.17, 15) is 15.3 Å². The fourth-order valence-corrected chi connectivity index (χ4v) is 3.66. The van der Waals surface area contributed by atoms with Crippen LogP contribution in [0.2, 0.25) is 5.02 Å². The molecule has 0 radical (unpaired) electrons. The zero-order valence-corrected chi connectivity index (χ0v) is 13.3. The Kier molecular flexibility index (Phi) is 5.66. The molecule has 9 heteroatoms. The predicted molar refractivity (Wildman–Crippen MR) is 78.5 cm³/mol. The van der Waals surface area contributed by atoms with E-state index in [2.05, 4.69) is 20.9 Å². The number of nitrogens with zero attached hydrogens (tertiary/aromatic N) is 1. The number of aliphatic hydroxyl groups is 3. The maximum Gasteiger partial charge on any atom is 0.135 e. The molecular weight excluding hydrogens is 372 g/mol. The molecule has 1 aliphatic heterocycles. The second-order valence-electron chi connectivity index (χ2n) is 4.34. The number of hydrogen-bond donors (Lipinski definition) is 4. The monoisotopic (exact) mass is 384 g/mol. The quantitative estimate of drug-likeness (QED) is 0.556. The maximum atomic E-state index is 10.1. The molecule has 5 unspecified atom stereocenters. The number of aliphatic hydroxyl groups excluding tert-OH is 3. The van der Waals surface area contributed by atoms with Crippen LogP contribution in [0, 0.1) is 0 Å². The molecule has 20 heavy (non-hydrogen) atoms. The van der Waals surface area contributed by atoms with Crippen LogP contribution >= 0.6 is 39.3 Å². The van der Waals surface area contributed by atoms with Gasteiger partial charge in [0, 0.05) is 11.1 Å². The van der Waals surface area contributed by atoms with Crippen LogP contribution in [0.5, 0.6) is 0 Å². The van der Waals surface area contributed by atoms with E-state index in [0.717, 1.165) is 0 Å². The van der Waals surface area contributed by atoms with Crippen LogP contribution in [0.4, 0.5) is 0 Å². The molecule has 5 N–H and O–H groups in total. The minimum Gasteiger partial charge on any atom is -0.394 e. The number of halogens is 2. The summed E-state index contributed by atoms with van der Waals surface area (Å²) in [7, 11) is 0. The van der Waals surface area contributed by atoms with Crippen LogP contribution in [0.15, 0.2) is 21.8 Å². The van der Waals surface area contributed by atoms with Gasteiger partial charge in [-0.2, -0.15) is 0 Å². The summed E-state index contributed by atoms with van der Waals surface area (Å²) >= 11 is 10.3. The van der Waals surface area contributed by atoms with Crippen molar-refractivity contribution in [2.75, 3.05) is 6.61 Å². The Labute approximate surface area is 133 Å². The van der Waals surface area contributed by atoms with E-state index in [0.29, 0.717) is 14.5 Å². The van der Waals surface area contributed by atoms with E-state index in [1.807, 2.05) is 0 Å². The molecule has 1 fully saturated rings. The summed E-state index contributed by atoms with van der Waals surface area (Å²) in [5.41, 5.74) is 5.01. The van der Waals surface area contributed by atoms with Crippen molar-refractivity contribution in [1.82, 2.24) is 4.98 Å². The van der Waals surface area contributed by atoms with Gasteiger partial charge in [-0.15, -0.1) is 0 Å². The summed E-state index contributed by atoms with van der Waals surface area (Å²) < 4.78 is 6.03. The number of nitrogens with two attached hydrogens (primary N) is 1. The summed E-state index contributed by atoms with van der Waals surface area (Å²) in [6, 6.07) is 0.772. The summed E-state index contributed by atoms with van der Waals surface area (Å²) in [5, 5.41) is 29.5. The highest BCUT2D eigenvalue weighted by molar-refractivity contribution is 9.10. The Bertz CT molecular complexity index is 482. The van der Waals surface area contributed by atoms with Crippen molar-refractivity contribution >= 4 is 39.3 Å². The van der Waals surface area contributed by atoms with Crippen LogP contribution in [0.1, 0.15) is 0 Å². The number of pyridine rings is 1. The minimum atomic E-state index is -1.12. The van der Waals surface area contributed by atoms with Gasteiger partial charge in [-0.1, -0.05) is 23.4 Å². The van der Waals surface area contributed by atoms with Crippen LogP contribution in [-0.4, -0.2) is 56.7 Å². The molecule has 2 heterocycles. The zero-order chi connectivity index (χ0) is 14.9. The lowest BCUT2D eigenvalue weighted by Gasteiger charge is -2.40. The molecule has 5 atom stereocenters. The third-order valence-electron chi connectivity index (χ3n) is 2.95. The van der Waals surface area contributed by atoms with Gasteiger partial charge >= 0.3 is 0 Å². The lowest BCUT2D eigenvalue weighted by atomic mass is 9.98. The molecule has 0 spiro atoms. The number of rotatable bonds is 3. The topological polar surface area (TPSA) is 109 Å². The Hall–Kier alpha value is 0.0700. The Morgan fingerprint density at radius 3 is 2.80 bits per heavy atom. The van der Waals surface area contributed by atoms with Crippen molar-refractivity contribution in [3.05, 3.63) is 21.9 Å². The standard InChI is InChI=1S/C11H14BrClN2O4S/c12-10-6(1-4(13)2-15-10)20-11-9(18)7(14)8(17)5(3-16)19-11/h1-2,5,7-9,11,16-18H,3,14H2. The van der Waals surface area contributed by atoms with Crippen LogP contribution in [0.25, 0.3) is 0 Å². The Balaban J connectivity index is 2.17. The Morgan fingerprint density at radius 1 is 1.45 bits per heavy atom. The van der Waals surface area contributed by atoms with E-state index in [1.165, 1.54) is 18.0 Å². The first-order valence-electron chi connectivity index (χ1n) is 5.79. The lowest BCUT2D eigenvalue weighted by Crippen LogP contribution is -2.61. The fraction of sp³-hybridized carbons (Fsp3) is 0.545. The van der Waals surface area contributed by atoms with E-state index >= 15 is 0 Å². The summed E-state index contributed by atoms with van der Waals surface area (Å²) in [6.07, 6.45) is -1.55. The highest BCUT2D eigenvalue weighted by Gasteiger charge is 2.42. The summed E-state index contributed by atoms with van der Waals surface area (Å²) in [6.45, 7) is -0.381. The smallest absolute Gasteiger partial charge is 0.135 e. The molecule has 1 saturated heterocycles. The highest BCUT2D eigenvalue weighted by Crippen LogP contribution is 2.36. The number of hydrogen-bond acceptors (Lipinski definition) is 7. The van der Waals surface area contributed by atoms with Gasteiger partial charge in [0.2, 0.25) is 0 Å². The van der Waals surface area contributed by atoms with Crippen molar-refractivity contribution in [2.24, 2.45) is 5.73 Å². The molecule has 112 valence electrons. The van der Waals surface area contributed by atoms with Crippen molar-refractivity contribution in [3.63, 3.8) is 0 Å². The lowest BCUT2D eigenvalue weighted by molar-refractivity contribution is -0.160. The molecule has 0 bridgehead atoms. The SMILES string of the molecule is NC1C(O)C(CO)OC(Sc2cc(Cl)cnc2Br)C1O. The molecule has 0 saturated carbocycles. The molecule has 1 aromatic rings. The first-order valence-corrected chi connectivity index (χ1v) is 7.85. The van der Waals surface area contributed by atoms with Gasteiger partial charge in [0.15, 0.2) is 0 Å². The second kappa shape index (κ2) is 6.89. The van der Waals surface area contributed by atoms with Crippen molar-refractivity contribution in [2.45, 2.75) is 34.7 Å². The number of aromatic nitrogens is 1. The minimum absolute atomic E-state index is 0.381. The van der Waals surface area contributed by atoms with Crippen LogP contribution in [0.3, 0.4) is 0 Å².